The predicted octanol–water partition coefficient (Wildman–Crippen LogP) is 4.45. The van der Waals surface area contributed by atoms with Crippen LogP contribution in [0.15, 0.2) is 42.5 Å². The Labute approximate surface area is 185 Å². The summed E-state index contributed by atoms with van der Waals surface area (Å²) in [5, 5.41) is 3.14. The molecule has 0 bridgehead atoms. The monoisotopic (exact) mass is 444 g/mol. The minimum atomic E-state index is -3.34. The van der Waals surface area contributed by atoms with Crippen LogP contribution in [0, 0.1) is 12.8 Å². The van der Waals surface area contributed by atoms with Crippen molar-refractivity contribution in [3.05, 3.63) is 59.2 Å². The molecule has 7 heteroatoms. The molecule has 1 aliphatic heterocycles. The third-order valence-electron chi connectivity index (χ3n) is 5.62. The number of benzene rings is 2. The molecule has 0 unspecified atom stereocenters. The Morgan fingerprint density at radius 3 is 2.45 bits per heavy atom. The van der Waals surface area contributed by atoms with E-state index in [2.05, 4.69) is 19.2 Å². The highest BCUT2D eigenvalue weighted by atomic mass is 32.2. The van der Waals surface area contributed by atoms with Crippen LogP contribution >= 0.6 is 0 Å². The molecule has 1 aliphatic rings. The van der Waals surface area contributed by atoms with Gasteiger partial charge in [0.1, 0.15) is 5.75 Å². The summed E-state index contributed by atoms with van der Waals surface area (Å²) in [6.45, 7) is 6.57. The SMILES string of the molecule is COc1ccc([C@H](CC(C)C)NC(=O)c2ccc(C)c(N3CCCCS3(=O)=O)c2)cc1. The summed E-state index contributed by atoms with van der Waals surface area (Å²) in [4.78, 5) is 13.1. The molecule has 1 amide bonds. The number of nitrogens with zero attached hydrogens (tertiary/aromatic N) is 1. The third-order valence-corrected chi connectivity index (χ3v) is 7.48. The standard InChI is InChI=1S/C24H32N2O4S/c1-17(2)15-22(19-9-11-21(30-4)12-10-19)25-24(27)20-8-7-18(3)23(16-20)26-13-5-6-14-31(26,28)29/h7-12,16-17,22H,5-6,13-15H2,1-4H3,(H,25,27)/t22-/m0/s1. The molecule has 0 spiro atoms. The second-order valence-electron chi connectivity index (χ2n) is 8.53. The molecule has 3 rings (SSSR count). The Kier molecular flexibility index (Phi) is 7.26. The summed E-state index contributed by atoms with van der Waals surface area (Å²) in [6.07, 6.45) is 2.29. The number of sulfonamides is 1. The number of carbonyl (C=O) groups excluding carboxylic acids is 1. The average Bonchev–Trinajstić information content (AvgIpc) is 2.73. The van der Waals surface area contributed by atoms with E-state index < -0.39 is 10.0 Å². The van der Waals surface area contributed by atoms with Gasteiger partial charge in [-0.15, -0.1) is 0 Å². The maximum atomic E-state index is 13.1. The van der Waals surface area contributed by atoms with Crippen molar-refractivity contribution in [2.24, 2.45) is 5.92 Å². The van der Waals surface area contributed by atoms with Crippen LogP contribution in [0.25, 0.3) is 0 Å². The van der Waals surface area contributed by atoms with E-state index >= 15 is 0 Å². The predicted molar refractivity (Wildman–Crippen MR) is 124 cm³/mol. The van der Waals surface area contributed by atoms with E-state index in [1.54, 1.807) is 19.2 Å². The summed E-state index contributed by atoms with van der Waals surface area (Å²) in [7, 11) is -1.72. The van der Waals surface area contributed by atoms with E-state index in [1.807, 2.05) is 37.3 Å². The number of hydrogen-bond acceptors (Lipinski definition) is 4. The second-order valence-corrected chi connectivity index (χ2v) is 10.5. The molecule has 2 aromatic carbocycles. The first kappa shape index (κ1) is 23.1. The van der Waals surface area contributed by atoms with Crippen LogP contribution in [-0.2, 0) is 10.0 Å². The average molecular weight is 445 g/mol. The summed E-state index contributed by atoms with van der Waals surface area (Å²) in [5.41, 5.74) is 2.91. The number of rotatable bonds is 7. The lowest BCUT2D eigenvalue weighted by molar-refractivity contribution is 0.0932. The summed E-state index contributed by atoms with van der Waals surface area (Å²) < 4.78 is 31.8. The molecular formula is C24H32N2O4S. The molecule has 0 radical (unpaired) electrons. The molecule has 6 nitrogen and oxygen atoms in total. The van der Waals surface area contributed by atoms with Gasteiger partial charge >= 0.3 is 0 Å². The van der Waals surface area contributed by atoms with Crippen LogP contribution in [0.3, 0.4) is 0 Å². The molecule has 1 N–H and O–H groups in total. The highest BCUT2D eigenvalue weighted by Gasteiger charge is 2.28. The Morgan fingerprint density at radius 2 is 1.84 bits per heavy atom. The van der Waals surface area contributed by atoms with Gasteiger partial charge in [-0.05, 0) is 67.5 Å². The molecule has 1 saturated heterocycles. The molecule has 0 saturated carbocycles. The third kappa shape index (κ3) is 5.58. The maximum absolute atomic E-state index is 13.1. The maximum Gasteiger partial charge on any atom is 0.251 e. The van der Waals surface area contributed by atoms with Gasteiger partial charge in [-0.3, -0.25) is 9.10 Å². The molecule has 2 aromatic rings. The molecular weight excluding hydrogens is 412 g/mol. The summed E-state index contributed by atoms with van der Waals surface area (Å²) in [6, 6.07) is 12.8. The van der Waals surface area contributed by atoms with Crippen molar-refractivity contribution < 1.29 is 17.9 Å². The number of ether oxygens (including phenoxy) is 1. The van der Waals surface area contributed by atoms with E-state index in [1.165, 1.54) is 4.31 Å². The van der Waals surface area contributed by atoms with Crippen molar-refractivity contribution in [3.8, 4) is 5.75 Å². The van der Waals surface area contributed by atoms with E-state index in [0.717, 1.165) is 29.7 Å². The molecule has 0 aromatic heterocycles. The molecule has 1 fully saturated rings. The fourth-order valence-electron chi connectivity index (χ4n) is 3.91. The quantitative estimate of drug-likeness (QED) is 0.685. The number of methoxy groups -OCH3 is 1. The zero-order valence-electron chi connectivity index (χ0n) is 18.7. The number of nitrogens with one attached hydrogen (secondary N) is 1. The molecule has 1 heterocycles. The van der Waals surface area contributed by atoms with E-state index in [4.69, 9.17) is 4.74 Å². The van der Waals surface area contributed by atoms with Gasteiger partial charge < -0.3 is 10.1 Å². The van der Waals surface area contributed by atoms with Crippen molar-refractivity contribution in [2.75, 3.05) is 23.7 Å². The number of hydrogen-bond donors (Lipinski definition) is 1. The minimum Gasteiger partial charge on any atom is -0.497 e. The lowest BCUT2D eigenvalue weighted by Crippen LogP contribution is -2.38. The minimum absolute atomic E-state index is 0.150. The lowest BCUT2D eigenvalue weighted by atomic mass is 9.96. The smallest absolute Gasteiger partial charge is 0.251 e. The first-order chi connectivity index (χ1) is 14.7. The largest absolute Gasteiger partial charge is 0.497 e. The molecule has 0 aliphatic carbocycles. The number of amides is 1. The molecule has 1 atom stereocenters. The van der Waals surface area contributed by atoms with Gasteiger partial charge in [0, 0.05) is 12.1 Å². The zero-order valence-corrected chi connectivity index (χ0v) is 19.5. The Balaban J connectivity index is 1.86. The van der Waals surface area contributed by atoms with Gasteiger partial charge in [0.15, 0.2) is 0 Å². The van der Waals surface area contributed by atoms with Gasteiger partial charge in [0.25, 0.3) is 5.91 Å². The van der Waals surface area contributed by atoms with Crippen LogP contribution in [0.2, 0.25) is 0 Å². The fourth-order valence-corrected chi connectivity index (χ4v) is 5.60. The van der Waals surface area contributed by atoms with Crippen LogP contribution in [0.4, 0.5) is 5.69 Å². The first-order valence-corrected chi connectivity index (χ1v) is 12.4. The number of aryl methyl sites for hydroxylation is 1. The highest BCUT2D eigenvalue weighted by molar-refractivity contribution is 7.92. The Hall–Kier alpha value is -2.54. The summed E-state index contributed by atoms with van der Waals surface area (Å²) >= 11 is 0. The van der Waals surface area contributed by atoms with Crippen molar-refractivity contribution in [2.45, 2.75) is 46.1 Å². The number of anilines is 1. The van der Waals surface area contributed by atoms with Gasteiger partial charge in [0.2, 0.25) is 10.0 Å². The summed E-state index contributed by atoms with van der Waals surface area (Å²) in [5.74, 6) is 1.09. The highest BCUT2D eigenvalue weighted by Crippen LogP contribution is 2.29. The first-order valence-electron chi connectivity index (χ1n) is 10.8. The van der Waals surface area contributed by atoms with Crippen LogP contribution in [0.5, 0.6) is 5.75 Å². The van der Waals surface area contributed by atoms with Gasteiger partial charge in [-0.1, -0.05) is 32.0 Å². The Morgan fingerprint density at radius 1 is 1.13 bits per heavy atom. The normalized spacial score (nSPS) is 16.7. The topological polar surface area (TPSA) is 75.7 Å². The second kappa shape index (κ2) is 9.73. The van der Waals surface area contributed by atoms with Crippen LogP contribution < -0.4 is 14.4 Å². The van der Waals surface area contributed by atoms with Crippen LogP contribution in [0.1, 0.15) is 60.6 Å². The van der Waals surface area contributed by atoms with Crippen molar-refractivity contribution in [1.29, 1.82) is 0 Å². The van der Waals surface area contributed by atoms with Crippen LogP contribution in [-0.4, -0.2) is 33.7 Å². The Bertz CT molecular complexity index is 1020. The number of carbonyl (C=O) groups is 1. The van der Waals surface area contributed by atoms with Crippen molar-refractivity contribution >= 4 is 21.6 Å². The van der Waals surface area contributed by atoms with Crippen molar-refractivity contribution in [3.63, 3.8) is 0 Å². The van der Waals surface area contributed by atoms with Gasteiger partial charge in [0.05, 0.1) is 24.6 Å². The zero-order chi connectivity index (χ0) is 22.6. The molecule has 31 heavy (non-hydrogen) atoms. The van der Waals surface area contributed by atoms with Gasteiger partial charge in [-0.25, -0.2) is 8.42 Å². The molecule has 168 valence electrons. The van der Waals surface area contributed by atoms with E-state index in [0.29, 0.717) is 30.1 Å². The van der Waals surface area contributed by atoms with Gasteiger partial charge in [-0.2, -0.15) is 0 Å². The van der Waals surface area contributed by atoms with E-state index in [-0.39, 0.29) is 17.7 Å². The lowest BCUT2D eigenvalue weighted by Gasteiger charge is -2.30. The van der Waals surface area contributed by atoms with E-state index in [9.17, 15) is 13.2 Å². The van der Waals surface area contributed by atoms with Crippen molar-refractivity contribution in [1.82, 2.24) is 5.32 Å². The fraction of sp³-hybridized carbons (Fsp3) is 0.458.